The van der Waals surface area contributed by atoms with Crippen LogP contribution in [0.4, 0.5) is 5.82 Å². The minimum absolute atomic E-state index is 0.145. The highest BCUT2D eigenvalue weighted by molar-refractivity contribution is 5.95. The highest BCUT2D eigenvalue weighted by atomic mass is 16.5. The Labute approximate surface area is 168 Å². The zero-order valence-corrected chi connectivity index (χ0v) is 16.2. The average molecular weight is 387 g/mol. The van der Waals surface area contributed by atoms with Crippen LogP contribution in [0.1, 0.15) is 21.6 Å². The van der Waals surface area contributed by atoms with Gasteiger partial charge in [-0.1, -0.05) is 18.2 Å². The molecule has 0 aliphatic carbocycles. The first kappa shape index (κ1) is 18.5. The first-order chi connectivity index (χ1) is 14.0. The van der Waals surface area contributed by atoms with E-state index in [1.807, 2.05) is 43.3 Å². The fraction of sp³-hybridized carbons (Fsp3) is 0.136. The fourth-order valence-corrected chi connectivity index (χ4v) is 3.22. The van der Waals surface area contributed by atoms with Crippen LogP contribution in [0.3, 0.4) is 0 Å². The molecule has 4 rings (SSSR count). The van der Waals surface area contributed by atoms with E-state index in [0.29, 0.717) is 23.7 Å². The molecule has 0 aliphatic heterocycles. The Morgan fingerprint density at radius 3 is 2.72 bits per heavy atom. The molecule has 146 valence electrons. The molecule has 0 aliphatic rings. The Bertz CT molecular complexity index is 1180. The Balaban J connectivity index is 1.48. The highest BCUT2D eigenvalue weighted by Gasteiger charge is 2.11. The Morgan fingerprint density at radius 2 is 1.97 bits per heavy atom. The van der Waals surface area contributed by atoms with Crippen LogP contribution in [0, 0.1) is 6.92 Å². The molecule has 29 heavy (non-hydrogen) atoms. The van der Waals surface area contributed by atoms with E-state index in [9.17, 15) is 4.79 Å². The zero-order chi connectivity index (χ0) is 20.4. The molecule has 2 heterocycles. The lowest BCUT2D eigenvalue weighted by Crippen LogP contribution is -2.22. The SMILES string of the molecule is COc1cc(-c2ccc(C(=O)NCc3ccc4nc[nH]c4c3)cc2)c(N)nc1C. The number of aryl methyl sites for hydroxylation is 1. The molecule has 4 N–H and O–H groups in total. The Morgan fingerprint density at radius 1 is 1.17 bits per heavy atom. The number of nitrogen functional groups attached to an aromatic ring is 1. The molecule has 1 amide bonds. The molecule has 0 fully saturated rings. The number of H-pyrrole nitrogens is 1. The van der Waals surface area contributed by atoms with E-state index in [-0.39, 0.29) is 5.91 Å². The van der Waals surface area contributed by atoms with Crippen molar-refractivity contribution < 1.29 is 9.53 Å². The summed E-state index contributed by atoms with van der Waals surface area (Å²) in [4.78, 5) is 24.1. The molecule has 7 nitrogen and oxygen atoms in total. The van der Waals surface area contributed by atoms with Gasteiger partial charge in [0.1, 0.15) is 11.6 Å². The van der Waals surface area contributed by atoms with Gasteiger partial charge < -0.3 is 20.8 Å². The van der Waals surface area contributed by atoms with E-state index in [4.69, 9.17) is 10.5 Å². The minimum Gasteiger partial charge on any atom is -0.495 e. The average Bonchev–Trinajstić information content (AvgIpc) is 3.20. The van der Waals surface area contributed by atoms with Crippen molar-refractivity contribution in [3.05, 3.63) is 71.7 Å². The van der Waals surface area contributed by atoms with Crippen LogP contribution in [-0.4, -0.2) is 28.0 Å². The Hall–Kier alpha value is -3.87. The van der Waals surface area contributed by atoms with Gasteiger partial charge >= 0.3 is 0 Å². The molecule has 0 saturated heterocycles. The lowest BCUT2D eigenvalue weighted by atomic mass is 10.0. The summed E-state index contributed by atoms with van der Waals surface area (Å²) in [5, 5.41) is 2.94. The Kier molecular flexibility index (Phi) is 4.87. The number of carbonyl (C=O) groups excluding carboxylic acids is 1. The molecular weight excluding hydrogens is 366 g/mol. The smallest absolute Gasteiger partial charge is 0.251 e. The first-order valence-corrected chi connectivity index (χ1v) is 9.17. The van der Waals surface area contributed by atoms with Gasteiger partial charge in [-0.05, 0) is 48.4 Å². The highest BCUT2D eigenvalue weighted by Crippen LogP contribution is 2.30. The summed E-state index contributed by atoms with van der Waals surface area (Å²) in [7, 11) is 1.60. The zero-order valence-electron chi connectivity index (χ0n) is 16.2. The number of pyridine rings is 1. The normalized spacial score (nSPS) is 10.8. The van der Waals surface area contributed by atoms with Crippen molar-refractivity contribution in [2.45, 2.75) is 13.5 Å². The molecular formula is C22H21N5O2. The molecule has 0 radical (unpaired) electrons. The molecule has 0 bridgehead atoms. The number of methoxy groups -OCH3 is 1. The number of ether oxygens (including phenoxy) is 1. The van der Waals surface area contributed by atoms with Gasteiger partial charge in [0, 0.05) is 17.7 Å². The predicted octanol–water partition coefficient (Wildman–Crippen LogP) is 3.45. The number of nitrogens with two attached hydrogens (primary N) is 1. The third kappa shape index (κ3) is 3.75. The number of imidazole rings is 1. The lowest BCUT2D eigenvalue weighted by Gasteiger charge is -2.11. The molecule has 2 aromatic heterocycles. The van der Waals surface area contributed by atoms with Gasteiger partial charge in [0.25, 0.3) is 5.91 Å². The standard InChI is InChI=1S/C22H21N5O2/c1-13-20(29-2)10-17(21(23)27-13)15-4-6-16(7-5-15)22(28)24-11-14-3-8-18-19(9-14)26-12-25-18/h3-10,12H,11H2,1-2H3,(H2,23,27)(H,24,28)(H,25,26). The van der Waals surface area contributed by atoms with Gasteiger partial charge in [-0.2, -0.15) is 0 Å². The summed E-state index contributed by atoms with van der Waals surface area (Å²) in [5.74, 6) is 0.953. The molecule has 2 aromatic carbocycles. The number of carbonyl (C=O) groups is 1. The van der Waals surface area contributed by atoms with Crippen LogP contribution in [-0.2, 0) is 6.54 Å². The van der Waals surface area contributed by atoms with E-state index in [0.717, 1.165) is 33.4 Å². The summed E-state index contributed by atoms with van der Waals surface area (Å²) < 4.78 is 5.33. The second-order valence-electron chi connectivity index (χ2n) is 6.72. The molecule has 0 spiro atoms. The predicted molar refractivity (Wildman–Crippen MR) is 113 cm³/mol. The third-order valence-electron chi connectivity index (χ3n) is 4.81. The van der Waals surface area contributed by atoms with Crippen molar-refractivity contribution in [1.82, 2.24) is 20.3 Å². The van der Waals surface area contributed by atoms with E-state index in [2.05, 4.69) is 20.3 Å². The number of anilines is 1. The number of aromatic amines is 1. The quantitative estimate of drug-likeness (QED) is 0.486. The number of benzene rings is 2. The summed E-state index contributed by atoms with van der Waals surface area (Å²) in [5.41, 5.74) is 11.9. The number of aromatic nitrogens is 3. The summed E-state index contributed by atoms with van der Waals surface area (Å²) in [6.45, 7) is 2.28. The lowest BCUT2D eigenvalue weighted by molar-refractivity contribution is 0.0951. The number of nitrogens with one attached hydrogen (secondary N) is 2. The maximum atomic E-state index is 12.5. The van der Waals surface area contributed by atoms with Crippen molar-refractivity contribution in [2.75, 3.05) is 12.8 Å². The largest absolute Gasteiger partial charge is 0.495 e. The van der Waals surface area contributed by atoms with Gasteiger partial charge in [-0.15, -0.1) is 0 Å². The minimum atomic E-state index is -0.145. The molecule has 4 aromatic rings. The van der Waals surface area contributed by atoms with Gasteiger partial charge in [0.2, 0.25) is 0 Å². The van der Waals surface area contributed by atoms with Crippen LogP contribution in [0.15, 0.2) is 54.9 Å². The van der Waals surface area contributed by atoms with E-state index in [1.165, 1.54) is 0 Å². The van der Waals surface area contributed by atoms with Crippen molar-refractivity contribution >= 4 is 22.8 Å². The van der Waals surface area contributed by atoms with Crippen molar-refractivity contribution in [3.8, 4) is 16.9 Å². The first-order valence-electron chi connectivity index (χ1n) is 9.17. The van der Waals surface area contributed by atoms with Crippen LogP contribution >= 0.6 is 0 Å². The van der Waals surface area contributed by atoms with Crippen LogP contribution in [0.5, 0.6) is 5.75 Å². The maximum absolute atomic E-state index is 12.5. The number of hydrogen-bond donors (Lipinski definition) is 3. The second-order valence-corrected chi connectivity index (χ2v) is 6.72. The monoisotopic (exact) mass is 387 g/mol. The number of amides is 1. The molecule has 0 unspecified atom stereocenters. The second kappa shape index (κ2) is 7.63. The van der Waals surface area contributed by atoms with E-state index in [1.54, 1.807) is 25.6 Å². The topological polar surface area (TPSA) is 106 Å². The number of hydrogen-bond acceptors (Lipinski definition) is 5. The number of fused-ring (bicyclic) bond motifs is 1. The number of nitrogens with zero attached hydrogens (tertiary/aromatic N) is 2. The maximum Gasteiger partial charge on any atom is 0.251 e. The van der Waals surface area contributed by atoms with Crippen LogP contribution in [0.2, 0.25) is 0 Å². The summed E-state index contributed by atoms with van der Waals surface area (Å²) in [6, 6.07) is 15.0. The van der Waals surface area contributed by atoms with Crippen molar-refractivity contribution in [2.24, 2.45) is 0 Å². The van der Waals surface area contributed by atoms with Crippen molar-refractivity contribution in [3.63, 3.8) is 0 Å². The third-order valence-corrected chi connectivity index (χ3v) is 4.81. The summed E-state index contributed by atoms with van der Waals surface area (Å²) >= 11 is 0. The number of rotatable bonds is 5. The fourth-order valence-electron chi connectivity index (χ4n) is 3.22. The van der Waals surface area contributed by atoms with Crippen LogP contribution in [0.25, 0.3) is 22.2 Å². The molecule has 0 saturated carbocycles. The van der Waals surface area contributed by atoms with Crippen LogP contribution < -0.4 is 15.8 Å². The van der Waals surface area contributed by atoms with Crippen molar-refractivity contribution in [1.29, 1.82) is 0 Å². The molecule has 7 heteroatoms. The van der Waals surface area contributed by atoms with Gasteiger partial charge in [0.05, 0.1) is 30.2 Å². The van der Waals surface area contributed by atoms with Gasteiger partial charge in [0.15, 0.2) is 0 Å². The summed E-state index contributed by atoms with van der Waals surface area (Å²) in [6.07, 6.45) is 1.65. The molecule has 0 atom stereocenters. The van der Waals surface area contributed by atoms with Gasteiger partial charge in [-0.25, -0.2) is 9.97 Å². The van der Waals surface area contributed by atoms with Gasteiger partial charge in [-0.3, -0.25) is 4.79 Å². The van der Waals surface area contributed by atoms with E-state index >= 15 is 0 Å². The van der Waals surface area contributed by atoms with E-state index < -0.39 is 0 Å².